The molecule has 1 fully saturated rings. The largest absolute Gasteiger partial charge is 0.436 e. The molecule has 37 heavy (non-hydrogen) atoms. The van der Waals surface area contributed by atoms with Crippen molar-refractivity contribution in [1.29, 1.82) is 0 Å². The van der Waals surface area contributed by atoms with Crippen molar-refractivity contribution in [2.45, 2.75) is 32.6 Å². The number of piperidine rings is 1. The van der Waals surface area contributed by atoms with E-state index in [4.69, 9.17) is 11.0 Å². The van der Waals surface area contributed by atoms with Gasteiger partial charge in [-0.25, -0.2) is 14.8 Å². The van der Waals surface area contributed by atoms with Gasteiger partial charge in [0.05, 0.1) is 12.1 Å². The van der Waals surface area contributed by atoms with Gasteiger partial charge in [-0.1, -0.05) is 13.8 Å². The summed E-state index contributed by atoms with van der Waals surface area (Å²) in [6.45, 7) is 14.0. The summed E-state index contributed by atoms with van der Waals surface area (Å²) in [6, 6.07) is 15.0. The van der Waals surface area contributed by atoms with Gasteiger partial charge in [0, 0.05) is 41.4 Å². The Morgan fingerprint density at radius 3 is 2.59 bits per heavy atom. The van der Waals surface area contributed by atoms with E-state index in [2.05, 4.69) is 54.8 Å². The Balaban J connectivity index is 1.19. The molecule has 0 atom stereocenters. The number of oxazole rings is 1. The minimum Gasteiger partial charge on any atom is -0.436 e. The van der Waals surface area contributed by atoms with Gasteiger partial charge >= 0.3 is 0 Å². The van der Waals surface area contributed by atoms with Crippen molar-refractivity contribution < 1.29 is 9.21 Å². The zero-order valence-electron chi connectivity index (χ0n) is 20.9. The van der Waals surface area contributed by atoms with Crippen LogP contribution in [0.2, 0.25) is 0 Å². The van der Waals surface area contributed by atoms with Crippen LogP contribution in [0, 0.1) is 12.5 Å². The normalized spacial score (nSPS) is 14.2. The predicted octanol–water partition coefficient (Wildman–Crippen LogP) is 6.97. The number of fused-ring (bicyclic) bond motifs is 1. The predicted molar refractivity (Wildman–Crippen MR) is 149 cm³/mol. The third kappa shape index (κ3) is 5.52. The number of halogens is 1. The van der Waals surface area contributed by atoms with Crippen molar-refractivity contribution in [3.05, 3.63) is 81.7 Å². The smallest absolute Gasteiger partial charge is 0.251 e. The molecule has 0 aliphatic carbocycles. The Morgan fingerprint density at radius 1 is 1.19 bits per heavy atom. The fourth-order valence-corrected chi connectivity index (χ4v) is 4.92. The van der Waals surface area contributed by atoms with E-state index in [0.29, 0.717) is 40.7 Å². The maximum atomic E-state index is 12.8. The van der Waals surface area contributed by atoms with E-state index in [1.807, 2.05) is 36.5 Å². The first-order valence-electron chi connectivity index (χ1n) is 12.5. The van der Waals surface area contributed by atoms with Crippen LogP contribution < -0.4 is 10.2 Å². The molecule has 3 heterocycles. The molecule has 0 unspecified atom stereocenters. The van der Waals surface area contributed by atoms with E-state index in [1.165, 1.54) is 0 Å². The Labute approximate surface area is 224 Å². The highest BCUT2D eigenvalue weighted by atomic mass is 79.9. The van der Waals surface area contributed by atoms with Crippen LogP contribution in [0.1, 0.15) is 48.5 Å². The topological polar surface area (TPSA) is 75.6 Å². The van der Waals surface area contributed by atoms with Crippen molar-refractivity contribution in [3.8, 4) is 11.5 Å². The number of pyridine rings is 1. The molecule has 7 nitrogen and oxygen atoms in total. The first-order valence-corrected chi connectivity index (χ1v) is 13.3. The first kappa shape index (κ1) is 25.0. The van der Waals surface area contributed by atoms with Gasteiger partial charge in [0.25, 0.3) is 5.91 Å². The summed E-state index contributed by atoms with van der Waals surface area (Å²) in [6.07, 6.45) is 3.86. The first-order chi connectivity index (χ1) is 17.9. The lowest BCUT2D eigenvalue weighted by Crippen LogP contribution is -2.39. The molecule has 2 aromatic carbocycles. The monoisotopic (exact) mass is 557 g/mol. The molecule has 1 amide bonds. The average Bonchev–Trinajstić information content (AvgIpc) is 3.36. The van der Waals surface area contributed by atoms with E-state index in [0.717, 1.165) is 47.3 Å². The van der Waals surface area contributed by atoms with E-state index < -0.39 is 0 Å². The number of amides is 1. The molecular weight excluding hydrogens is 530 g/mol. The van der Waals surface area contributed by atoms with Crippen molar-refractivity contribution in [2.75, 3.05) is 24.5 Å². The highest BCUT2D eigenvalue weighted by Gasteiger charge is 2.21. The van der Waals surface area contributed by atoms with Crippen molar-refractivity contribution in [1.82, 2.24) is 15.3 Å². The summed E-state index contributed by atoms with van der Waals surface area (Å²) >= 11 is 3.43. The second-order valence-electron chi connectivity index (χ2n) is 9.72. The highest BCUT2D eigenvalue weighted by Crippen LogP contribution is 2.34. The number of hydrogen-bond acceptors (Lipinski definition) is 5. The minimum atomic E-state index is -0.0788. The molecular formula is C29H28BrN5O2. The second-order valence-corrected chi connectivity index (χ2v) is 10.6. The lowest BCUT2D eigenvalue weighted by atomic mass is 9.96. The molecule has 1 aliphatic heterocycles. The van der Waals surface area contributed by atoms with Gasteiger partial charge < -0.3 is 14.6 Å². The number of hydrogen-bond donors (Lipinski definition) is 1. The summed E-state index contributed by atoms with van der Waals surface area (Å²) in [5, 5.41) is 3.10. The van der Waals surface area contributed by atoms with Gasteiger partial charge in [-0.05, 0) is 94.7 Å². The zero-order chi connectivity index (χ0) is 25.9. The lowest BCUT2D eigenvalue weighted by molar-refractivity contribution is 0.0945. The number of nitrogens with one attached hydrogen (secondary N) is 1. The molecule has 0 bridgehead atoms. The summed E-state index contributed by atoms with van der Waals surface area (Å²) in [4.78, 5) is 27.7. The Morgan fingerprint density at radius 2 is 1.95 bits per heavy atom. The van der Waals surface area contributed by atoms with E-state index >= 15 is 0 Å². The van der Waals surface area contributed by atoms with E-state index in [-0.39, 0.29) is 11.8 Å². The highest BCUT2D eigenvalue weighted by molar-refractivity contribution is 9.10. The van der Waals surface area contributed by atoms with Crippen molar-refractivity contribution in [2.24, 2.45) is 5.92 Å². The number of aromatic nitrogens is 2. The third-order valence-corrected chi connectivity index (χ3v) is 7.32. The molecule has 5 rings (SSSR count). The molecule has 1 N–H and O–H groups in total. The molecule has 188 valence electrons. The number of nitrogens with zero attached hydrogens (tertiary/aromatic N) is 4. The Hall–Kier alpha value is -3.70. The summed E-state index contributed by atoms with van der Waals surface area (Å²) < 4.78 is 7.07. The lowest BCUT2D eigenvalue weighted by Gasteiger charge is -2.32. The Kier molecular flexibility index (Phi) is 7.24. The van der Waals surface area contributed by atoms with Gasteiger partial charge in [-0.15, -0.1) is 0 Å². The number of carbonyl (C=O) groups is 1. The molecule has 2 aromatic heterocycles. The molecule has 8 heteroatoms. The van der Waals surface area contributed by atoms with Gasteiger partial charge in [0.15, 0.2) is 11.3 Å². The van der Waals surface area contributed by atoms with Crippen LogP contribution in [0.3, 0.4) is 0 Å². The van der Waals surface area contributed by atoms with Crippen molar-refractivity contribution in [3.63, 3.8) is 0 Å². The maximum Gasteiger partial charge on any atom is 0.251 e. The Bertz CT molecular complexity index is 1450. The van der Waals surface area contributed by atoms with Crippen LogP contribution in [-0.4, -0.2) is 35.5 Å². The van der Waals surface area contributed by atoms with Gasteiger partial charge in [0.1, 0.15) is 5.82 Å². The van der Waals surface area contributed by atoms with E-state index in [1.54, 1.807) is 18.2 Å². The van der Waals surface area contributed by atoms with Gasteiger partial charge in [0.2, 0.25) is 5.89 Å². The summed E-state index contributed by atoms with van der Waals surface area (Å²) in [7, 11) is 0. The molecule has 0 saturated carbocycles. The summed E-state index contributed by atoms with van der Waals surface area (Å²) in [5.74, 6) is 2.06. The summed E-state index contributed by atoms with van der Waals surface area (Å²) in [5.41, 5.74) is 4.31. The average molecular weight is 558 g/mol. The SMILES string of the molecule is [C-]#[N+]c1cc(C(C)C)c2oc(-c3ccc(C(=O)NCC4CCN(c5ccc(Br)cn5)CC4)cc3)nc2c1. The maximum absolute atomic E-state index is 12.8. The number of benzene rings is 2. The number of rotatable bonds is 6. The minimum absolute atomic E-state index is 0.0788. The molecule has 1 aliphatic rings. The molecule has 1 saturated heterocycles. The fraction of sp³-hybridized carbons (Fsp3) is 0.310. The van der Waals surface area contributed by atoms with Crippen molar-refractivity contribution >= 4 is 44.4 Å². The molecule has 4 aromatic rings. The van der Waals surface area contributed by atoms with Gasteiger partial charge in [-0.2, -0.15) is 0 Å². The van der Waals surface area contributed by atoms with Crippen LogP contribution >= 0.6 is 15.9 Å². The number of anilines is 1. The quantitative estimate of drug-likeness (QED) is 0.259. The van der Waals surface area contributed by atoms with Crippen LogP contribution in [0.5, 0.6) is 0 Å². The fourth-order valence-electron chi connectivity index (χ4n) is 4.68. The van der Waals surface area contributed by atoms with Crippen LogP contribution in [-0.2, 0) is 0 Å². The second kappa shape index (κ2) is 10.7. The standard InChI is InChI=1S/C29H28BrN5O2/c1-18(2)24-14-23(31-3)15-25-27(24)37-29(34-25)21-6-4-20(5-7-21)28(36)33-16-19-10-12-35(13-11-19)26-9-8-22(30)17-32-26/h4-9,14-15,17-19H,10-13,16H2,1-2H3,(H,33,36). The third-order valence-electron chi connectivity index (χ3n) is 6.85. The van der Waals surface area contributed by atoms with Crippen LogP contribution in [0.4, 0.5) is 11.5 Å². The zero-order valence-corrected chi connectivity index (χ0v) is 22.5. The van der Waals surface area contributed by atoms with Crippen LogP contribution in [0.15, 0.2) is 63.6 Å². The van der Waals surface area contributed by atoms with Crippen LogP contribution in [0.25, 0.3) is 27.4 Å². The molecule has 0 spiro atoms. The van der Waals surface area contributed by atoms with Gasteiger partial charge in [-0.3, -0.25) is 4.79 Å². The van der Waals surface area contributed by atoms with E-state index in [9.17, 15) is 4.79 Å². The molecule has 0 radical (unpaired) electrons. The number of carbonyl (C=O) groups excluding carboxylic acids is 1.